The lowest BCUT2D eigenvalue weighted by molar-refractivity contribution is 1.19. The van der Waals surface area contributed by atoms with Gasteiger partial charge in [-0.05, 0) is 11.6 Å². The molecular formula is C8H6ClN5. The molecule has 2 heterocycles. The molecule has 0 radical (unpaired) electrons. The first-order valence-electron chi connectivity index (χ1n) is 3.88. The summed E-state index contributed by atoms with van der Waals surface area (Å²) in [5, 5.41) is 12.5. The van der Waals surface area contributed by atoms with Crippen molar-refractivity contribution in [3.8, 4) is 6.07 Å². The molecule has 0 aliphatic rings. The van der Waals surface area contributed by atoms with E-state index in [9.17, 15) is 0 Å². The second-order valence-corrected chi connectivity index (χ2v) is 2.97. The SMILES string of the molecule is CNc1nc(Cl)nc2[nH]cc(C#N)c12. The molecule has 0 unspecified atom stereocenters. The van der Waals surface area contributed by atoms with Gasteiger partial charge in [0.05, 0.1) is 10.9 Å². The zero-order chi connectivity index (χ0) is 10.1. The molecule has 70 valence electrons. The van der Waals surface area contributed by atoms with Crippen molar-refractivity contribution < 1.29 is 0 Å². The molecule has 0 spiro atoms. The minimum Gasteiger partial charge on any atom is -0.372 e. The van der Waals surface area contributed by atoms with Crippen molar-refractivity contribution in [2.45, 2.75) is 0 Å². The Labute approximate surface area is 84.7 Å². The fourth-order valence-corrected chi connectivity index (χ4v) is 1.44. The summed E-state index contributed by atoms with van der Waals surface area (Å²) in [5.41, 5.74) is 1.06. The largest absolute Gasteiger partial charge is 0.372 e. The fourth-order valence-electron chi connectivity index (χ4n) is 1.27. The maximum Gasteiger partial charge on any atom is 0.226 e. The number of H-pyrrole nitrogens is 1. The van der Waals surface area contributed by atoms with Gasteiger partial charge in [0.1, 0.15) is 17.5 Å². The van der Waals surface area contributed by atoms with Crippen LogP contribution in [0.4, 0.5) is 5.82 Å². The maximum absolute atomic E-state index is 8.83. The quantitative estimate of drug-likeness (QED) is 0.696. The molecular weight excluding hydrogens is 202 g/mol. The van der Waals surface area contributed by atoms with Crippen molar-refractivity contribution in [1.29, 1.82) is 5.26 Å². The molecule has 2 aromatic rings. The van der Waals surface area contributed by atoms with Crippen LogP contribution in [-0.2, 0) is 0 Å². The zero-order valence-corrected chi connectivity index (χ0v) is 8.05. The van der Waals surface area contributed by atoms with Gasteiger partial charge >= 0.3 is 0 Å². The number of anilines is 1. The highest BCUT2D eigenvalue weighted by Gasteiger charge is 2.11. The van der Waals surface area contributed by atoms with E-state index in [4.69, 9.17) is 16.9 Å². The third-order valence-corrected chi connectivity index (χ3v) is 2.03. The third-order valence-electron chi connectivity index (χ3n) is 1.86. The Morgan fingerprint density at radius 1 is 1.57 bits per heavy atom. The summed E-state index contributed by atoms with van der Waals surface area (Å²) >= 11 is 5.69. The number of nitrogens with zero attached hydrogens (tertiary/aromatic N) is 3. The molecule has 0 aromatic carbocycles. The van der Waals surface area contributed by atoms with Crippen LogP contribution < -0.4 is 5.32 Å². The molecule has 2 rings (SSSR count). The smallest absolute Gasteiger partial charge is 0.226 e. The molecule has 0 aliphatic heterocycles. The van der Waals surface area contributed by atoms with Crippen LogP contribution in [0, 0.1) is 11.3 Å². The highest BCUT2D eigenvalue weighted by molar-refractivity contribution is 6.28. The Hall–Kier alpha value is -1.80. The minimum absolute atomic E-state index is 0.146. The molecule has 0 saturated heterocycles. The predicted molar refractivity (Wildman–Crippen MR) is 53.2 cm³/mol. The first kappa shape index (κ1) is 8.78. The lowest BCUT2D eigenvalue weighted by atomic mass is 10.2. The third kappa shape index (κ3) is 1.17. The highest BCUT2D eigenvalue weighted by atomic mass is 35.5. The lowest BCUT2D eigenvalue weighted by Crippen LogP contribution is -1.95. The van der Waals surface area contributed by atoms with E-state index < -0.39 is 0 Å². The Bertz CT molecular complexity index is 524. The number of hydrogen-bond donors (Lipinski definition) is 2. The molecule has 0 fully saturated rings. The Morgan fingerprint density at radius 3 is 3.00 bits per heavy atom. The van der Waals surface area contributed by atoms with Crippen LogP contribution in [0.5, 0.6) is 0 Å². The van der Waals surface area contributed by atoms with Gasteiger partial charge in [-0.15, -0.1) is 0 Å². The van der Waals surface area contributed by atoms with Crippen molar-refractivity contribution in [3.05, 3.63) is 17.0 Å². The highest BCUT2D eigenvalue weighted by Crippen LogP contribution is 2.24. The first-order chi connectivity index (χ1) is 6.76. The average molecular weight is 208 g/mol. The molecule has 0 aliphatic carbocycles. The van der Waals surface area contributed by atoms with Gasteiger partial charge in [-0.25, -0.2) is 4.98 Å². The topological polar surface area (TPSA) is 77.4 Å². The van der Waals surface area contributed by atoms with Crippen molar-refractivity contribution in [2.24, 2.45) is 0 Å². The molecule has 0 amide bonds. The molecule has 0 atom stereocenters. The molecule has 2 aromatic heterocycles. The first-order valence-corrected chi connectivity index (χ1v) is 4.26. The van der Waals surface area contributed by atoms with Gasteiger partial charge in [0.15, 0.2) is 0 Å². The summed E-state index contributed by atoms with van der Waals surface area (Å²) in [4.78, 5) is 10.8. The predicted octanol–water partition coefficient (Wildman–Crippen LogP) is 1.52. The standard InChI is InChI=1S/C8H6ClN5/c1-11-6-5-4(2-10)3-12-7(5)14-8(9)13-6/h3H,1H3,(H2,11,12,13,14). The molecule has 5 nitrogen and oxygen atoms in total. The second kappa shape index (κ2) is 3.16. The van der Waals surface area contributed by atoms with Crippen LogP contribution in [0.25, 0.3) is 11.0 Å². The van der Waals surface area contributed by atoms with Crippen LogP contribution in [0.1, 0.15) is 5.56 Å². The summed E-state index contributed by atoms with van der Waals surface area (Å²) in [6.07, 6.45) is 1.58. The summed E-state index contributed by atoms with van der Waals surface area (Å²) in [6.45, 7) is 0. The Morgan fingerprint density at radius 2 is 2.36 bits per heavy atom. The summed E-state index contributed by atoms with van der Waals surface area (Å²) in [7, 11) is 1.71. The number of aromatic amines is 1. The van der Waals surface area contributed by atoms with Gasteiger partial charge in [-0.3, -0.25) is 0 Å². The monoisotopic (exact) mass is 207 g/mol. The van der Waals surface area contributed by atoms with Gasteiger partial charge in [0.25, 0.3) is 0 Å². The van der Waals surface area contributed by atoms with E-state index in [0.717, 1.165) is 0 Å². The zero-order valence-electron chi connectivity index (χ0n) is 7.30. The molecule has 0 saturated carbocycles. The van der Waals surface area contributed by atoms with Crippen LogP contribution in [0.2, 0.25) is 5.28 Å². The summed E-state index contributed by atoms with van der Waals surface area (Å²) in [6, 6.07) is 2.05. The summed E-state index contributed by atoms with van der Waals surface area (Å²) in [5.74, 6) is 0.554. The average Bonchev–Trinajstić information content (AvgIpc) is 2.59. The van der Waals surface area contributed by atoms with Crippen LogP contribution in [-0.4, -0.2) is 22.0 Å². The lowest BCUT2D eigenvalue weighted by Gasteiger charge is -2.00. The van der Waals surface area contributed by atoms with Crippen molar-refractivity contribution >= 4 is 28.5 Å². The number of rotatable bonds is 1. The van der Waals surface area contributed by atoms with Crippen molar-refractivity contribution in [2.75, 3.05) is 12.4 Å². The molecule has 6 heteroatoms. The van der Waals surface area contributed by atoms with Crippen LogP contribution in [0.3, 0.4) is 0 Å². The van der Waals surface area contributed by atoms with E-state index in [0.29, 0.717) is 22.4 Å². The van der Waals surface area contributed by atoms with Crippen molar-refractivity contribution in [1.82, 2.24) is 15.0 Å². The van der Waals surface area contributed by atoms with Gasteiger partial charge in [-0.2, -0.15) is 10.2 Å². The van der Waals surface area contributed by atoms with E-state index in [-0.39, 0.29) is 5.28 Å². The van der Waals surface area contributed by atoms with Crippen LogP contribution in [0.15, 0.2) is 6.20 Å². The molecule has 0 bridgehead atoms. The van der Waals surface area contributed by atoms with E-state index in [1.165, 1.54) is 0 Å². The van der Waals surface area contributed by atoms with Crippen LogP contribution >= 0.6 is 11.6 Å². The number of aromatic nitrogens is 3. The Kier molecular flexibility index (Phi) is 1.98. The number of halogens is 1. The van der Waals surface area contributed by atoms with Gasteiger partial charge < -0.3 is 10.3 Å². The van der Waals surface area contributed by atoms with Gasteiger partial charge in [0, 0.05) is 13.2 Å². The number of nitrogens with one attached hydrogen (secondary N) is 2. The van der Waals surface area contributed by atoms with Gasteiger partial charge in [0.2, 0.25) is 5.28 Å². The Balaban J connectivity index is 2.87. The van der Waals surface area contributed by atoms with E-state index >= 15 is 0 Å². The molecule has 14 heavy (non-hydrogen) atoms. The fraction of sp³-hybridized carbons (Fsp3) is 0.125. The van der Waals surface area contributed by atoms with E-state index in [1.54, 1.807) is 13.2 Å². The maximum atomic E-state index is 8.83. The number of nitriles is 1. The minimum atomic E-state index is 0.146. The van der Waals surface area contributed by atoms with Crippen molar-refractivity contribution in [3.63, 3.8) is 0 Å². The van der Waals surface area contributed by atoms with Gasteiger partial charge in [-0.1, -0.05) is 0 Å². The number of hydrogen-bond acceptors (Lipinski definition) is 4. The summed E-state index contributed by atoms with van der Waals surface area (Å²) < 4.78 is 0. The van der Waals surface area contributed by atoms with E-state index in [1.807, 2.05) is 6.07 Å². The number of fused-ring (bicyclic) bond motifs is 1. The molecule has 2 N–H and O–H groups in total. The normalized spacial score (nSPS) is 10.1. The second-order valence-electron chi connectivity index (χ2n) is 2.63. The van der Waals surface area contributed by atoms with E-state index in [2.05, 4.69) is 20.3 Å².